The van der Waals surface area contributed by atoms with Gasteiger partial charge in [0, 0.05) is 62.0 Å². The first kappa shape index (κ1) is 17.5. The fourth-order valence-corrected chi connectivity index (χ4v) is 3.18. The van der Waals surface area contributed by atoms with Gasteiger partial charge in [0.2, 0.25) is 5.88 Å². The van der Waals surface area contributed by atoms with Gasteiger partial charge in [-0.2, -0.15) is 0 Å². The van der Waals surface area contributed by atoms with E-state index in [2.05, 4.69) is 30.9 Å². The summed E-state index contributed by atoms with van der Waals surface area (Å²) in [6, 6.07) is 4.03. The van der Waals surface area contributed by atoms with Crippen molar-refractivity contribution in [1.29, 1.82) is 0 Å². The number of nitrogens with zero attached hydrogens (tertiary/aromatic N) is 6. The van der Waals surface area contributed by atoms with E-state index < -0.39 is 0 Å². The number of ether oxygens (including phenoxy) is 1. The number of rotatable bonds is 5. The molecule has 0 bridgehead atoms. The minimum Gasteiger partial charge on any atom is -0.475 e. The van der Waals surface area contributed by atoms with Gasteiger partial charge in [-0.25, -0.2) is 24.9 Å². The fraction of sp³-hybridized carbons (Fsp3) is 0.350. The van der Waals surface area contributed by atoms with Gasteiger partial charge in [0.25, 0.3) is 0 Å². The zero-order chi connectivity index (χ0) is 18.6. The van der Waals surface area contributed by atoms with Crippen molar-refractivity contribution < 1.29 is 4.74 Å². The second-order valence-electron chi connectivity index (χ2n) is 6.89. The van der Waals surface area contributed by atoms with E-state index in [-0.39, 0.29) is 6.10 Å². The largest absolute Gasteiger partial charge is 0.475 e. The Morgan fingerprint density at radius 1 is 1.15 bits per heavy atom. The van der Waals surface area contributed by atoms with E-state index in [4.69, 9.17) is 9.72 Å². The molecule has 0 aromatic carbocycles. The molecule has 0 fully saturated rings. The maximum Gasteiger partial charge on any atom is 0.218 e. The highest BCUT2D eigenvalue weighted by atomic mass is 16.5. The molecule has 0 atom stereocenters. The third kappa shape index (κ3) is 4.09. The average molecular weight is 362 g/mol. The Hall–Kier alpha value is -2.93. The van der Waals surface area contributed by atoms with Crippen LogP contribution in [-0.4, -0.2) is 42.5 Å². The van der Waals surface area contributed by atoms with Crippen molar-refractivity contribution >= 4 is 0 Å². The summed E-state index contributed by atoms with van der Waals surface area (Å²) in [5.41, 5.74) is 4.21. The summed E-state index contributed by atoms with van der Waals surface area (Å²) < 4.78 is 5.85. The molecule has 7 nitrogen and oxygen atoms in total. The molecule has 1 aliphatic heterocycles. The molecule has 0 saturated carbocycles. The van der Waals surface area contributed by atoms with Crippen LogP contribution in [0.2, 0.25) is 0 Å². The normalized spacial score (nSPS) is 14.2. The highest BCUT2D eigenvalue weighted by Gasteiger charge is 2.20. The molecule has 3 aromatic heterocycles. The predicted octanol–water partition coefficient (Wildman–Crippen LogP) is 2.67. The van der Waals surface area contributed by atoms with Crippen LogP contribution in [0.5, 0.6) is 5.88 Å². The molecular weight excluding hydrogens is 340 g/mol. The fourth-order valence-electron chi connectivity index (χ4n) is 3.18. The maximum atomic E-state index is 5.85. The zero-order valence-electron chi connectivity index (χ0n) is 15.5. The van der Waals surface area contributed by atoms with Gasteiger partial charge >= 0.3 is 0 Å². The summed E-state index contributed by atoms with van der Waals surface area (Å²) in [7, 11) is 0. The van der Waals surface area contributed by atoms with Crippen LogP contribution >= 0.6 is 0 Å². The van der Waals surface area contributed by atoms with Crippen molar-refractivity contribution in [2.75, 3.05) is 6.54 Å². The van der Waals surface area contributed by atoms with E-state index in [9.17, 15) is 0 Å². The predicted molar refractivity (Wildman–Crippen MR) is 101 cm³/mol. The molecule has 138 valence electrons. The van der Waals surface area contributed by atoms with Crippen LogP contribution in [0, 0.1) is 0 Å². The van der Waals surface area contributed by atoms with Crippen molar-refractivity contribution in [3.8, 4) is 17.3 Å². The van der Waals surface area contributed by atoms with Crippen LogP contribution in [0.25, 0.3) is 11.4 Å². The minimum absolute atomic E-state index is 0.106. The van der Waals surface area contributed by atoms with Gasteiger partial charge in [-0.1, -0.05) is 6.07 Å². The van der Waals surface area contributed by atoms with Gasteiger partial charge in [-0.05, 0) is 19.9 Å². The van der Waals surface area contributed by atoms with Crippen LogP contribution in [0.1, 0.15) is 30.7 Å². The van der Waals surface area contributed by atoms with Crippen LogP contribution in [0.3, 0.4) is 0 Å². The Labute approximate surface area is 158 Å². The molecule has 27 heavy (non-hydrogen) atoms. The first-order valence-electron chi connectivity index (χ1n) is 9.12. The maximum absolute atomic E-state index is 5.85. The van der Waals surface area contributed by atoms with E-state index in [1.54, 1.807) is 18.6 Å². The molecule has 0 aliphatic carbocycles. The van der Waals surface area contributed by atoms with Crippen LogP contribution in [-0.2, 0) is 19.5 Å². The highest BCUT2D eigenvalue weighted by Crippen LogP contribution is 2.24. The number of hydrogen-bond donors (Lipinski definition) is 0. The lowest BCUT2D eigenvalue weighted by atomic mass is 10.1. The molecule has 0 unspecified atom stereocenters. The lowest BCUT2D eigenvalue weighted by molar-refractivity contribution is 0.211. The standard InChI is InChI=1S/C20H22N6O/c1-14(2)27-20-15(4-3-6-23-20)11-26-7-5-18-17(12-26)10-24-19(25-18)16-8-21-13-22-9-16/h3-4,6,8-10,13-14H,5,7,11-12H2,1-2H3. The molecule has 0 amide bonds. The van der Waals surface area contributed by atoms with Gasteiger partial charge < -0.3 is 4.74 Å². The third-order valence-corrected chi connectivity index (χ3v) is 4.42. The average Bonchev–Trinajstić information content (AvgIpc) is 2.69. The van der Waals surface area contributed by atoms with Crippen molar-refractivity contribution in [3.05, 3.63) is 60.1 Å². The van der Waals surface area contributed by atoms with Crippen LogP contribution in [0.4, 0.5) is 0 Å². The first-order chi connectivity index (χ1) is 13.2. The quantitative estimate of drug-likeness (QED) is 0.690. The second kappa shape index (κ2) is 7.75. The Balaban J connectivity index is 1.50. The van der Waals surface area contributed by atoms with Crippen molar-refractivity contribution in [2.45, 2.75) is 39.5 Å². The number of pyridine rings is 1. The minimum atomic E-state index is 0.106. The summed E-state index contributed by atoms with van der Waals surface area (Å²) in [6.45, 7) is 6.58. The molecule has 0 saturated heterocycles. The zero-order valence-corrected chi connectivity index (χ0v) is 15.5. The second-order valence-corrected chi connectivity index (χ2v) is 6.89. The van der Waals surface area contributed by atoms with Crippen molar-refractivity contribution in [3.63, 3.8) is 0 Å². The summed E-state index contributed by atoms with van der Waals surface area (Å²) in [5, 5.41) is 0. The molecule has 4 heterocycles. The Morgan fingerprint density at radius 3 is 2.81 bits per heavy atom. The van der Waals surface area contributed by atoms with Crippen LogP contribution < -0.4 is 4.74 Å². The monoisotopic (exact) mass is 362 g/mol. The molecule has 0 N–H and O–H groups in total. The number of aromatic nitrogens is 5. The Kier molecular flexibility index (Phi) is 5.02. The molecule has 4 rings (SSSR count). The highest BCUT2D eigenvalue weighted by molar-refractivity contribution is 5.52. The molecule has 7 heteroatoms. The molecule has 3 aromatic rings. The summed E-state index contributed by atoms with van der Waals surface area (Å²) in [5.74, 6) is 1.40. The van der Waals surface area contributed by atoms with E-state index >= 15 is 0 Å². The van der Waals surface area contributed by atoms with Gasteiger partial charge in [0.05, 0.1) is 17.4 Å². The summed E-state index contributed by atoms with van der Waals surface area (Å²) >= 11 is 0. The van der Waals surface area contributed by atoms with Gasteiger partial charge in [-0.15, -0.1) is 0 Å². The summed E-state index contributed by atoms with van der Waals surface area (Å²) in [6.07, 6.45) is 9.68. The summed E-state index contributed by atoms with van der Waals surface area (Å²) in [4.78, 5) is 24.1. The lowest BCUT2D eigenvalue weighted by Gasteiger charge is -2.28. The Bertz CT molecular complexity index is 915. The van der Waals surface area contributed by atoms with E-state index in [1.165, 1.54) is 6.33 Å². The molecule has 1 aliphatic rings. The van der Waals surface area contributed by atoms with Gasteiger partial charge in [0.1, 0.15) is 6.33 Å². The molecule has 0 radical (unpaired) electrons. The van der Waals surface area contributed by atoms with Crippen molar-refractivity contribution in [2.24, 2.45) is 0 Å². The Morgan fingerprint density at radius 2 is 2.00 bits per heavy atom. The number of fused-ring (bicyclic) bond motifs is 1. The third-order valence-electron chi connectivity index (χ3n) is 4.42. The van der Waals surface area contributed by atoms with Crippen LogP contribution in [0.15, 0.2) is 43.2 Å². The van der Waals surface area contributed by atoms with Gasteiger partial charge in [0.15, 0.2) is 5.82 Å². The lowest BCUT2D eigenvalue weighted by Crippen LogP contribution is -2.31. The van der Waals surface area contributed by atoms with E-state index in [0.717, 1.165) is 48.4 Å². The first-order valence-corrected chi connectivity index (χ1v) is 9.12. The SMILES string of the molecule is CC(C)Oc1ncccc1CN1CCc2nc(-c3cncnc3)ncc2C1. The van der Waals surface area contributed by atoms with E-state index in [1.807, 2.05) is 26.1 Å². The van der Waals surface area contributed by atoms with E-state index in [0.29, 0.717) is 11.7 Å². The molecular formula is C20H22N6O. The van der Waals surface area contributed by atoms with Gasteiger partial charge in [-0.3, -0.25) is 4.90 Å². The molecule has 0 spiro atoms. The number of hydrogen-bond acceptors (Lipinski definition) is 7. The van der Waals surface area contributed by atoms with Crippen molar-refractivity contribution in [1.82, 2.24) is 29.8 Å². The smallest absolute Gasteiger partial charge is 0.218 e. The topological polar surface area (TPSA) is 76.9 Å².